The quantitative estimate of drug-likeness (QED) is 0.323. The average molecular weight is 524 g/mol. The lowest BCUT2D eigenvalue weighted by molar-refractivity contribution is 0.0844. The number of benzene rings is 2. The van der Waals surface area contributed by atoms with Crippen LogP contribution in [-0.2, 0) is 11.3 Å². The first kappa shape index (κ1) is 34.5. The maximum Gasteiger partial charge on any atom is 0.183 e. The average Bonchev–Trinajstić information content (AvgIpc) is 2.95. The molecule has 0 saturated carbocycles. The van der Waals surface area contributed by atoms with Crippen LogP contribution in [0.25, 0.3) is 5.70 Å². The minimum atomic E-state index is -1.09. The van der Waals surface area contributed by atoms with Crippen LogP contribution in [0.2, 0.25) is 0 Å². The van der Waals surface area contributed by atoms with Crippen molar-refractivity contribution < 1.29 is 17.9 Å². The summed E-state index contributed by atoms with van der Waals surface area (Å²) in [5.74, 6) is -2.66. The molecule has 4 nitrogen and oxygen atoms in total. The van der Waals surface area contributed by atoms with Gasteiger partial charge in [0.1, 0.15) is 5.82 Å². The van der Waals surface area contributed by atoms with E-state index in [1.54, 1.807) is 20.0 Å². The number of anilines is 2. The molecule has 210 valence electrons. The van der Waals surface area contributed by atoms with E-state index in [9.17, 15) is 8.78 Å². The number of halogens is 3. The highest BCUT2D eigenvalue weighted by molar-refractivity contribution is 5.78. The molecular weight excluding hydrogens is 475 g/mol. The van der Waals surface area contributed by atoms with E-state index in [1.165, 1.54) is 37.5 Å². The van der Waals surface area contributed by atoms with Crippen LogP contribution in [0.15, 0.2) is 30.8 Å². The van der Waals surface area contributed by atoms with Crippen LogP contribution in [-0.4, -0.2) is 38.2 Å². The zero-order valence-corrected chi connectivity index (χ0v) is 24.2. The van der Waals surface area contributed by atoms with Gasteiger partial charge in [0.2, 0.25) is 0 Å². The molecule has 2 N–H and O–H groups in total. The second kappa shape index (κ2) is 19.6. The van der Waals surface area contributed by atoms with Crippen LogP contribution in [0, 0.1) is 24.4 Å². The highest BCUT2D eigenvalue weighted by Gasteiger charge is 2.21. The SMILES string of the molecule is C=C(NC)c1cc(COCCN2CCCCC2)c(F)c(F)c1Nc1ccc(C)cc1F.CC.CC.CC. The Labute approximate surface area is 223 Å². The van der Waals surface area contributed by atoms with Crippen LogP contribution in [0.4, 0.5) is 24.5 Å². The van der Waals surface area contributed by atoms with Crippen molar-refractivity contribution in [1.29, 1.82) is 0 Å². The monoisotopic (exact) mass is 523 g/mol. The number of rotatable bonds is 9. The topological polar surface area (TPSA) is 36.5 Å². The molecule has 0 atom stereocenters. The van der Waals surface area contributed by atoms with E-state index >= 15 is 4.39 Å². The zero-order chi connectivity index (χ0) is 28.4. The van der Waals surface area contributed by atoms with Gasteiger partial charge in [0.15, 0.2) is 11.6 Å². The summed E-state index contributed by atoms with van der Waals surface area (Å²) in [5.41, 5.74) is 1.40. The zero-order valence-electron chi connectivity index (χ0n) is 24.2. The summed E-state index contributed by atoms with van der Waals surface area (Å²) in [6.45, 7) is 20.9. The van der Waals surface area contributed by atoms with Gasteiger partial charge in [-0.2, -0.15) is 0 Å². The van der Waals surface area contributed by atoms with Gasteiger partial charge >= 0.3 is 0 Å². The van der Waals surface area contributed by atoms with Crippen LogP contribution in [0.3, 0.4) is 0 Å². The highest BCUT2D eigenvalue weighted by Crippen LogP contribution is 2.33. The van der Waals surface area contributed by atoms with E-state index in [2.05, 4.69) is 22.1 Å². The minimum Gasteiger partial charge on any atom is -0.388 e. The molecule has 0 spiro atoms. The molecule has 3 rings (SSSR count). The molecule has 1 fully saturated rings. The fourth-order valence-corrected chi connectivity index (χ4v) is 3.69. The van der Waals surface area contributed by atoms with Crippen molar-refractivity contribution in [3.05, 3.63) is 65.0 Å². The Morgan fingerprint density at radius 1 is 0.946 bits per heavy atom. The highest BCUT2D eigenvalue weighted by atomic mass is 19.2. The molecule has 0 amide bonds. The molecule has 0 aliphatic carbocycles. The smallest absolute Gasteiger partial charge is 0.183 e. The van der Waals surface area contributed by atoms with Gasteiger partial charge in [-0.15, -0.1) is 0 Å². The number of hydrogen-bond acceptors (Lipinski definition) is 4. The number of nitrogens with one attached hydrogen (secondary N) is 2. The first-order valence-electron chi connectivity index (χ1n) is 13.6. The molecule has 1 saturated heterocycles. The minimum absolute atomic E-state index is 0.0552. The predicted molar refractivity (Wildman–Crippen MR) is 153 cm³/mol. The normalized spacial score (nSPS) is 12.6. The van der Waals surface area contributed by atoms with Crippen molar-refractivity contribution in [3.63, 3.8) is 0 Å². The fraction of sp³-hybridized carbons (Fsp3) is 0.533. The Morgan fingerprint density at radius 2 is 1.57 bits per heavy atom. The molecule has 2 aromatic carbocycles. The van der Waals surface area contributed by atoms with Gasteiger partial charge in [-0.25, -0.2) is 13.2 Å². The number of nitrogens with zero attached hydrogens (tertiary/aromatic N) is 1. The van der Waals surface area contributed by atoms with Crippen molar-refractivity contribution in [3.8, 4) is 0 Å². The first-order valence-corrected chi connectivity index (χ1v) is 13.6. The second-order valence-electron chi connectivity index (χ2n) is 7.88. The summed E-state index contributed by atoms with van der Waals surface area (Å²) in [6, 6.07) is 6.00. The number of hydrogen-bond donors (Lipinski definition) is 2. The molecular formula is C30H48F3N3O. The van der Waals surface area contributed by atoms with Crippen LogP contribution < -0.4 is 10.6 Å². The van der Waals surface area contributed by atoms with E-state index in [-0.39, 0.29) is 23.5 Å². The Balaban J connectivity index is 0.00000201. The number of ether oxygens (including phenoxy) is 1. The third-order valence-electron chi connectivity index (χ3n) is 5.55. The van der Waals surface area contributed by atoms with Crippen molar-refractivity contribution in [2.75, 3.05) is 38.6 Å². The van der Waals surface area contributed by atoms with Crippen LogP contribution in [0.1, 0.15) is 77.5 Å². The van der Waals surface area contributed by atoms with E-state index in [0.717, 1.165) is 25.2 Å². The third kappa shape index (κ3) is 10.8. The molecule has 0 bridgehead atoms. The van der Waals surface area contributed by atoms with E-state index in [4.69, 9.17) is 4.74 Å². The first-order chi connectivity index (χ1) is 17.9. The van der Waals surface area contributed by atoms with Gasteiger partial charge in [0.05, 0.1) is 24.6 Å². The summed E-state index contributed by atoms with van der Waals surface area (Å²) >= 11 is 0. The van der Waals surface area contributed by atoms with Crippen molar-refractivity contribution >= 4 is 17.1 Å². The molecule has 1 aliphatic heterocycles. The second-order valence-corrected chi connectivity index (χ2v) is 7.88. The Hall–Kier alpha value is -2.51. The lowest BCUT2D eigenvalue weighted by Crippen LogP contribution is -2.32. The summed E-state index contributed by atoms with van der Waals surface area (Å²) in [6.07, 6.45) is 3.63. The molecule has 37 heavy (non-hydrogen) atoms. The standard InChI is InChI=1S/C24H30F3N3O.3C2H6/c1-16-7-8-21(20(25)13-16)29-24-19(17(2)28-3)14-18(22(26)23(24)27)15-31-12-11-30-9-5-4-6-10-30;3*1-2/h7-8,13-14,28-29H,2,4-6,9-12,15H2,1,3H3;3*1-2H3. The van der Waals surface area contributed by atoms with Crippen molar-refractivity contribution in [1.82, 2.24) is 10.2 Å². The lowest BCUT2D eigenvalue weighted by atomic mass is 10.0. The molecule has 2 aromatic rings. The molecule has 1 aliphatic rings. The Morgan fingerprint density at radius 3 is 2.14 bits per heavy atom. The summed E-state index contributed by atoms with van der Waals surface area (Å²) < 4.78 is 49.8. The largest absolute Gasteiger partial charge is 0.388 e. The maximum atomic E-state index is 15.0. The maximum absolute atomic E-state index is 15.0. The van der Waals surface area contributed by atoms with Gasteiger partial charge < -0.3 is 20.3 Å². The summed E-state index contributed by atoms with van der Waals surface area (Å²) in [5, 5.41) is 5.54. The van der Waals surface area contributed by atoms with Gasteiger partial charge in [0.25, 0.3) is 0 Å². The van der Waals surface area contributed by atoms with Crippen LogP contribution in [0.5, 0.6) is 0 Å². The third-order valence-corrected chi connectivity index (χ3v) is 5.55. The van der Waals surface area contributed by atoms with Crippen molar-refractivity contribution in [2.24, 2.45) is 0 Å². The van der Waals surface area contributed by atoms with E-state index in [0.29, 0.717) is 17.9 Å². The van der Waals surface area contributed by atoms with Crippen molar-refractivity contribution in [2.45, 2.75) is 74.3 Å². The van der Waals surface area contributed by atoms with Gasteiger partial charge in [-0.05, 0) is 56.6 Å². The van der Waals surface area contributed by atoms with E-state index < -0.39 is 17.5 Å². The molecule has 0 unspecified atom stereocenters. The molecule has 7 heteroatoms. The lowest BCUT2D eigenvalue weighted by Gasteiger charge is -2.26. The fourth-order valence-electron chi connectivity index (χ4n) is 3.69. The number of piperidine rings is 1. The summed E-state index contributed by atoms with van der Waals surface area (Å²) in [7, 11) is 1.63. The summed E-state index contributed by atoms with van der Waals surface area (Å²) in [4.78, 5) is 2.32. The molecule has 0 aromatic heterocycles. The Bertz CT molecular complexity index is 929. The van der Waals surface area contributed by atoms with Gasteiger partial charge in [-0.3, -0.25) is 0 Å². The van der Waals surface area contributed by atoms with Gasteiger partial charge in [-0.1, -0.05) is 60.6 Å². The molecule has 0 radical (unpaired) electrons. The molecule has 1 heterocycles. The number of aryl methyl sites for hydroxylation is 1. The van der Waals surface area contributed by atoms with E-state index in [1.807, 2.05) is 41.5 Å². The predicted octanol–water partition coefficient (Wildman–Crippen LogP) is 8.43. The van der Waals surface area contributed by atoms with Gasteiger partial charge in [0, 0.05) is 30.4 Å². The number of likely N-dealkylation sites (tertiary alicyclic amines) is 1. The van der Waals surface area contributed by atoms with Crippen LogP contribution >= 0.6 is 0 Å². The Kier molecular flexibility index (Phi) is 18.3.